The van der Waals surface area contributed by atoms with E-state index in [1.807, 2.05) is 0 Å². The third kappa shape index (κ3) is 38.1. The van der Waals surface area contributed by atoms with Crippen molar-refractivity contribution in [2.24, 2.45) is 0 Å². The van der Waals surface area contributed by atoms with Crippen LogP contribution in [0.1, 0.15) is 251 Å². The van der Waals surface area contributed by atoms with Crippen LogP contribution in [0.2, 0.25) is 0 Å². The Morgan fingerprint density at radius 1 is 0.436 bits per heavy atom. The number of aliphatic hydroxyl groups excluding tert-OH is 4. The Balaban J connectivity index is 3.74. The SMILES string of the molecule is CCCCCCCCCCC/C=C\CCCCCCCCC(O)C(=O)NC(CO)C(O)C(O)CCC/C=C/CCCCCCCCCCCCCCCCC. The van der Waals surface area contributed by atoms with Gasteiger partial charge in [-0.3, -0.25) is 4.79 Å². The van der Waals surface area contributed by atoms with E-state index in [4.69, 9.17) is 0 Å². The summed E-state index contributed by atoms with van der Waals surface area (Å²) in [6.45, 7) is 4.06. The van der Waals surface area contributed by atoms with Crippen LogP contribution in [0.4, 0.5) is 0 Å². The molecule has 0 radical (unpaired) electrons. The van der Waals surface area contributed by atoms with Gasteiger partial charge in [0.05, 0.1) is 18.8 Å². The summed E-state index contributed by atoms with van der Waals surface area (Å²) >= 11 is 0. The van der Waals surface area contributed by atoms with Gasteiger partial charge in [0.25, 0.3) is 0 Å². The van der Waals surface area contributed by atoms with Crippen LogP contribution in [0.15, 0.2) is 24.3 Å². The van der Waals surface area contributed by atoms with Gasteiger partial charge >= 0.3 is 0 Å². The molecule has 0 aliphatic carbocycles. The molecule has 0 aromatic heterocycles. The molecule has 0 aromatic rings. The minimum absolute atomic E-state index is 0.357. The van der Waals surface area contributed by atoms with E-state index >= 15 is 0 Å². The minimum atomic E-state index is -1.28. The van der Waals surface area contributed by atoms with Crippen LogP contribution < -0.4 is 5.32 Å². The summed E-state index contributed by atoms with van der Waals surface area (Å²) in [4.78, 5) is 12.5. The molecule has 4 atom stereocenters. The van der Waals surface area contributed by atoms with E-state index in [0.717, 1.165) is 44.9 Å². The van der Waals surface area contributed by atoms with E-state index < -0.39 is 36.9 Å². The summed E-state index contributed by atoms with van der Waals surface area (Å²) in [7, 11) is 0. The first-order valence-electron chi connectivity index (χ1n) is 24.2. The van der Waals surface area contributed by atoms with Crippen molar-refractivity contribution in [2.45, 2.75) is 276 Å². The highest BCUT2D eigenvalue weighted by Crippen LogP contribution is 2.16. The van der Waals surface area contributed by atoms with E-state index in [0.29, 0.717) is 12.8 Å². The van der Waals surface area contributed by atoms with Crippen LogP contribution in [-0.4, -0.2) is 57.3 Å². The minimum Gasteiger partial charge on any atom is -0.394 e. The summed E-state index contributed by atoms with van der Waals surface area (Å²) < 4.78 is 0. The first-order valence-corrected chi connectivity index (χ1v) is 24.2. The van der Waals surface area contributed by atoms with Crippen molar-refractivity contribution >= 4 is 5.91 Å². The van der Waals surface area contributed by atoms with Gasteiger partial charge in [0.1, 0.15) is 12.2 Å². The van der Waals surface area contributed by atoms with Crippen molar-refractivity contribution in [3.05, 3.63) is 24.3 Å². The molecule has 0 aliphatic heterocycles. The zero-order valence-corrected chi connectivity index (χ0v) is 36.7. The standard InChI is InChI=1S/C49H95NO5/c1-3-5-7-9-11-13-15-17-19-21-23-25-26-28-30-32-34-36-38-40-42-46(52)48(54)45(44-51)50-49(55)47(53)43-41-39-37-35-33-31-29-27-24-22-20-18-16-14-12-10-8-6-4-2/h24,27,34,36,45-48,51-54H,3-23,25-26,28-33,35,37-44H2,1-2H3,(H,50,55)/b27-24-,36-34+. The van der Waals surface area contributed by atoms with Crippen molar-refractivity contribution in [3.63, 3.8) is 0 Å². The molecule has 6 heteroatoms. The number of unbranched alkanes of at least 4 members (excludes halogenated alkanes) is 31. The highest BCUT2D eigenvalue weighted by Gasteiger charge is 2.28. The highest BCUT2D eigenvalue weighted by atomic mass is 16.3. The molecule has 6 nitrogen and oxygen atoms in total. The number of hydrogen-bond acceptors (Lipinski definition) is 5. The Kier molecular flexibility index (Phi) is 42.9. The third-order valence-corrected chi connectivity index (χ3v) is 11.4. The summed E-state index contributed by atoms with van der Waals surface area (Å²) in [5, 5.41) is 43.8. The van der Waals surface area contributed by atoms with E-state index in [1.165, 1.54) is 180 Å². The first-order chi connectivity index (χ1) is 27.0. The van der Waals surface area contributed by atoms with Gasteiger partial charge in [-0.1, -0.05) is 212 Å². The van der Waals surface area contributed by atoms with Crippen molar-refractivity contribution in [1.29, 1.82) is 0 Å². The number of allylic oxidation sites excluding steroid dienone is 4. The van der Waals surface area contributed by atoms with Crippen LogP contribution in [0.3, 0.4) is 0 Å². The van der Waals surface area contributed by atoms with E-state index in [9.17, 15) is 25.2 Å². The molecule has 55 heavy (non-hydrogen) atoms. The Morgan fingerprint density at radius 2 is 0.745 bits per heavy atom. The fourth-order valence-electron chi connectivity index (χ4n) is 7.52. The number of hydrogen-bond donors (Lipinski definition) is 5. The lowest BCUT2D eigenvalue weighted by Crippen LogP contribution is -2.53. The molecule has 4 unspecified atom stereocenters. The summed E-state index contributed by atoms with van der Waals surface area (Å²) in [5.41, 5.74) is 0. The molecule has 0 aromatic carbocycles. The summed E-state index contributed by atoms with van der Waals surface area (Å²) in [6, 6.07) is -1.00. The van der Waals surface area contributed by atoms with E-state index in [-0.39, 0.29) is 0 Å². The van der Waals surface area contributed by atoms with E-state index in [1.54, 1.807) is 0 Å². The Morgan fingerprint density at radius 3 is 1.09 bits per heavy atom. The zero-order chi connectivity index (χ0) is 40.3. The predicted octanol–water partition coefficient (Wildman–Crippen LogP) is 13.1. The number of rotatable bonds is 44. The van der Waals surface area contributed by atoms with Gasteiger partial charge in [0.2, 0.25) is 5.91 Å². The number of aliphatic hydroxyl groups is 4. The van der Waals surface area contributed by atoms with Gasteiger partial charge in [-0.2, -0.15) is 0 Å². The molecule has 0 saturated heterocycles. The van der Waals surface area contributed by atoms with Gasteiger partial charge < -0.3 is 25.7 Å². The smallest absolute Gasteiger partial charge is 0.249 e. The van der Waals surface area contributed by atoms with Crippen molar-refractivity contribution in [3.8, 4) is 0 Å². The average Bonchev–Trinajstić information content (AvgIpc) is 3.19. The highest BCUT2D eigenvalue weighted by molar-refractivity contribution is 5.80. The summed E-state index contributed by atoms with van der Waals surface area (Å²) in [6.07, 6.45) is 50.7. The van der Waals surface area contributed by atoms with Crippen molar-refractivity contribution < 1.29 is 25.2 Å². The maximum absolute atomic E-state index is 12.5. The third-order valence-electron chi connectivity index (χ3n) is 11.4. The number of carbonyl (C=O) groups excluding carboxylic acids is 1. The van der Waals surface area contributed by atoms with Gasteiger partial charge in [-0.25, -0.2) is 0 Å². The van der Waals surface area contributed by atoms with Gasteiger partial charge in [-0.15, -0.1) is 0 Å². The topological polar surface area (TPSA) is 110 Å². The largest absolute Gasteiger partial charge is 0.394 e. The lowest BCUT2D eigenvalue weighted by molar-refractivity contribution is -0.132. The number of amides is 1. The zero-order valence-electron chi connectivity index (χ0n) is 36.7. The summed E-state index contributed by atoms with van der Waals surface area (Å²) in [5.74, 6) is -0.596. The molecule has 0 bridgehead atoms. The Bertz CT molecular complexity index is 832. The maximum atomic E-state index is 12.5. The van der Waals surface area contributed by atoms with Crippen molar-refractivity contribution in [1.82, 2.24) is 5.32 Å². The molecule has 5 N–H and O–H groups in total. The van der Waals surface area contributed by atoms with Crippen LogP contribution in [0.5, 0.6) is 0 Å². The predicted molar refractivity (Wildman–Crippen MR) is 237 cm³/mol. The fourth-order valence-corrected chi connectivity index (χ4v) is 7.52. The molecule has 0 spiro atoms. The first kappa shape index (κ1) is 53.8. The van der Waals surface area contributed by atoms with Crippen molar-refractivity contribution in [2.75, 3.05) is 6.61 Å². The van der Waals surface area contributed by atoms with Gasteiger partial charge in [0, 0.05) is 0 Å². The molecule has 0 aliphatic rings. The second-order valence-electron chi connectivity index (χ2n) is 16.8. The van der Waals surface area contributed by atoms with Crippen LogP contribution >= 0.6 is 0 Å². The second-order valence-corrected chi connectivity index (χ2v) is 16.8. The Labute approximate surface area is 342 Å². The van der Waals surface area contributed by atoms with Gasteiger partial charge in [-0.05, 0) is 64.2 Å². The molecule has 1 amide bonds. The number of carbonyl (C=O) groups is 1. The van der Waals surface area contributed by atoms with Crippen LogP contribution in [0.25, 0.3) is 0 Å². The lowest BCUT2D eigenvalue weighted by atomic mass is 10.00. The molecule has 0 heterocycles. The Hall–Kier alpha value is -1.21. The fraction of sp³-hybridized carbons (Fsp3) is 0.898. The van der Waals surface area contributed by atoms with E-state index in [2.05, 4.69) is 43.5 Å². The molecule has 0 saturated carbocycles. The molecule has 326 valence electrons. The van der Waals surface area contributed by atoms with Crippen LogP contribution in [0, 0.1) is 0 Å². The monoisotopic (exact) mass is 778 g/mol. The lowest BCUT2D eigenvalue weighted by Gasteiger charge is -2.27. The molecular weight excluding hydrogens is 683 g/mol. The maximum Gasteiger partial charge on any atom is 0.249 e. The number of nitrogens with one attached hydrogen (secondary N) is 1. The van der Waals surface area contributed by atoms with Gasteiger partial charge in [0.15, 0.2) is 0 Å². The molecular formula is C49H95NO5. The normalized spacial score (nSPS) is 14.2. The average molecular weight is 778 g/mol. The quantitative estimate of drug-likeness (QED) is 0.0313. The molecule has 0 fully saturated rings. The molecule has 0 rings (SSSR count). The van der Waals surface area contributed by atoms with Crippen LogP contribution in [-0.2, 0) is 4.79 Å². The second kappa shape index (κ2) is 43.9.